The molecule has 1 rings (SSSR count). The number of benzene rings is 1. The first-order chi connectivity index (χ1) is 6.54. The Balaban J connectivity index is 3.13. The molecule has 0 aliphatic rings. The van der Waals surface area contributed by atoms with E-state index < -0.39 is 5.82 Å². The average Bonchev–Trinajstić information content (AvgIpc) is 2.10. The zero-order chi connectivity index (χ0) is 10.7. The molecular weight excluding hydrogens is 251 g/mol. The van der Waals surface area contributed by atoms with E-state index in [4.69, 9.17) is 4.74 Å². The summed E-state index contributed by atoms with van der Waals surface area (Å²) in [6, 6.07) is 2.83. The molecule has 4 heteroatoms. The van der Waals surface area contributed by atoms with Gasteiger partial charge < -0.3 is 4.74 Å². The molecule has 1 aromatic rings. The number of carbonyl (C=O) groups is 1. The van der Waals surface area contributed by atoms with Gasteiger partial charge in [0.2, 0.25) is 0 Å². The van der Waals surface area contributed by atoms with E-state index in [1.807, 2.05) is 0 Å². The summed E-state index contributed by atoms with van der Waals surface area (Å²) in [6.07, 6.45) is 0.252. The van der Waals surface area contributed by atoms with Crippen molar-refractivity contribution < 1.29 is 13.9 Å². The van der Waals surface area contributed by atoms with E-state index in [-0.39, 0.29) is 12.2 Å². The van der Waals surface area contributed by atoms with Gasteiger partial charge in [0.25, 0.3) is 0 Å². The van der Waals surface area contributed by atoms with E-state index in [2.05, 4.69) is 15.9 Å². The van der Waals surface area contributed by atoms with Crippen molar-refractivity contribution in [3.63, 3.8) is 0 Å². The predicted octanol–water partition coefficient (Wildman–Crippen LogP) is 2.73. The number of methoxy groups -OCH3 is 1. The van der Waals surface area contributed by atoms with Gasteiger partial charge in [-0.1, -0.05) is 0 Å². The van der Waals surface area contributed by atoms with Crippen molar-refractivity contribution in [2.24, 2.45) is 0 Å². The first-order valence-corrected chi connectivity index (χ1v) is 4.85. The van der Waals surface area contributed by atoms with Crippen molar-refractivity contribution in [3.05, 3.63) is 28.0 Å². The lowest BCUT2D eigenvalue weighted by molar-refractivity contribution is -0.116. The normalized spacial score (nSPS) is 10.0. The molecule has 76 valence electrons. The van der Waals surface area contributed by atoms with Gasteiger partial charge in [0, 0.05) is 18.1 Å². The van der Waals surface area contributed by atoms with Crippen molar-refractivity contribution in [3.8, 4) is 5.75 Å². The van der Waals surface area contributed by atoms with Crippen LogP contribution in [0.25, 0.3) is 0 Å². The monoisotopic (exact) mass is 260 g/mol. The highest BCUT2D eigenvalue weighted by Crippen LogP contribution is 2.26. The van der Waals surface area contributed by atoms with Gasteiger partial charge in [0.05, 0.1) is 11.6 Å². The van der Waals surface area contributed by atoms with Crippen LogP contribution in [0.1, 0.15) is 12.5 Å². The van der Waals surface area contributed by atoms with E-state index >= 15 is 0 Å². The van der Waals surface area contributed by atoms with Crippen LogP contribution in [0.5, 0.6) is 5.75 Å². The predicted molar refractivity (Wildman–Crippen MR) is 55.0 cm³/mol. The number of hydrogen-bond donors (Lipinski definition) is 0. The molecule has 2 nitrogen and oxygen atoms in total. The summed E-state index contributed by atoms with van der Waals surface area (Å²) in [5.74, 6) is 0.0249. The molecule has 0 heterocycles. The van der Waals surface area contributed by atoms with Crippen molar-refractivity contribution in [1.29, 1.82) is 0 Å². The standard InChI is InChI=1S/C10H10BrFO2/c1-6(13)3-7-4-8(11)9(12)5-10(7)14-2/h4-5H,3H2,1-2H3. The van der Waals surface area contributed by atoms with Crippen molar-refractivity contribution in [1.82, 2.24) is 0 Å². The number of halogens is 2. The van der Waals surface area contributed by atoms with E-state index in [1.54, 1.807) is 6.07 Å². The van der Waals surface area contributed by atoms with Crippen LogP contribution in [-0.2, 0) is 11.2 Å². The zero-order valence-electron chi connectivity index (χ0n) is 7.93. The van der Waals surface area contributed by atoms with Gasteiger partial charge in [-0.2, -0.15) is 0 Å². The van der Waals surface area contributed by atoms with E-state index in [9.17, 15) is 9.18 Å². The lowest BCUT2D eigenvalue weighted by Gasteiger charge is -2.08. The summed E-state index contributed by atoms with van der Waals surface area (Å²) in [7, 11) is 1.45. The fraction of sp³-hybridized carbons (Fsp3) is 0.300. The maximum absolute atomic E-state index is 13.1. The highest BCUT2D eigenvalue weighted by molar-refractivity contribution is 9.10. The average molecular weight is 261 g/mol. The lowest BCUT2D eigenvalue weighted by Crippen LogP contribution is -2.00. The number of Topliss-reactive ketones (excluding diaryl/α,β-unsaturated/α-hetero) is 1. The Hall–Kier alpha value is -0.900. The fourth-order valence-corrected chi connectivity index (χ4v) is 1.56. The summed E-state index contributed by atoms with van der Waals surface area (Å²) in [4.78, 5) is 10.9. The Labute approximate surface area is 90.2 Å². The smallest absolute Gasteiger partial charge is 0.141 e. The van der Waals surface area contributed by atoms with E-state index in [0.29, 0.717) is 15.8 Å². The fourth-order valence-electron chi connectivity index (χ4n) is 1.17. The molecule has 0 atom stereocenters. The third kappa shape index (κ3) is 2.54. The first kappa shape index (κ1) is 11.2. The van der Waals surface area contributed by atoms with Crippen LogP contribution in [0.15, 0.2) is 16.6 Å². The summed E-state index contributed by atoms with van der Waals surface area (Å²) in [6.45, 7) is 1.48. The molecular formula is C10H10BrFO2. The third-order valence-electron chi connectivity index (χ3n) is 1.76. The van der Waals surface area contributed by atoms with E-state index in [0.717, 1.165) is 0 Å². The molecule has 0 spiro atoms. The molecule has 14 heavy (non-hydrogen) atoms. The van der Waals surface area contributed by atoms with Crippen molar-refractivity contribution in [2.75, 3.05) is 7.11 Å². The van der Waals surface area contributed by atoms with Gasteiger partial charge >= 0.3 is 0 Å². The second-order valence-corrected chi connectivity index (χ2v) is 3.81. The largest absolute Gasteiger partial charge is 0.496 e. The molecule has 0 aliphatic heterocycles. The number of ketones is 1. The summed E-state index contributed by atoms with van der Waals surface area (Å²) in [5.41, 5.74) is 0.688. The minimum absolute atomic E-state index is 0.0156. The maximum Gasteiger partial charge on any atom is 0.141 e. The molecule has 0 aromatic heterocycles. The van der Waals surface area contributed by atoms with Gasteiger partial charge in [0.1, 0.15) is 17.3 Å². The quantitative estimate of drug-likeness (QED) is 0.836. The number of ether oxygens (including phenoxy) is 1. The Morgan fingerprint density at radius 1 is 1.57 bits per heavy atom. The molecule has 0 aliphatic carbocycles. The van der Waals surface area contributed by atoms with Crippen LogP contribution >= 0.6 is 15.9 Å². The molecule has 0 N–H and O–H groups in total. The molecule has 0 radical (unpaired) electrons. The first-order valence-electron chi connectivity index (χ1n) is 4.06. The second kappa shape index (κ2) is 4.55. The van der Waals surface area contributed by atoms with Gasteiger partial charge in [-0.05, 0) is 28.9 Å². The van der Waals surface area contributed by atoms with Gasteiger partial charge in [-0.3, -0.25) is 4.79 Å². The van der Waals surface area contributed by atoms with Crippen LogP contribution in [0, 0.1) is 5.82 Å². The molecule has 0 saturated heterocycles. The topological polar surface area (TPSA) is 26.3 Å². The van der Waals surface area contributed by atoms with Crippen LogP contribution in [0.3, 0.4) is 0 Å². The molecule has 0 fully saturated rings. The lowest BCUT2D eigenvalue weighted by atomic mass is 10.1. The molecule has 0 bridgehead atoms. The van der Waals surface area contributed by atoms with Gasteiger partial charge in [-0.25, -0.2) is 4.39 Å². The van der Waals surface area contributed by atoms with E-state index in [1.165, 1.54) is 20.1 Å². The summed E-state index contributed by atoms with van der Waals surface area (Å²) in [5, 5.41) is 0. The second-order valence-electron chi connectivity index (χ2n) is 2.96. The van der Waals surface area contributed by atoms with Crippen LogP contribution in [0.4, 0.5) is 4.39 Å². The summed E-state index contributed by atoms with van der Waals surface area (Å²) >= 11 is 3.06. The minimum Gasteiger partial charge on any atom is -0.496 e. The molecule has 0 unspecified atom stereocenters. The third-order valence-corrected chi connectivity index (χ3v) is 2.37. The van der Waals surface area contributed by atoms with Crippen LogP contribution in [-0.4, -0.2) is 12.9 Å². The molecule has 0 amide bonds. The molecule has 1 aromatic carbocycles. The highest BCUT2D eigenvalue weighted by atomic mass is 79.9. The number of rotatable bonds is 3. The Kier molecular flexibility index (Phi) is 3.63. The minimum atomic E-state index is -0.394. The van der Waals surface area contributed by atoms with Gasteiger partial charge in [-0.15, -0.1) is 0 Å². The molecule has 0 saturated carbocycles. The van der Waals surface area contributed by atoms with Crippen LogP contribution in [0.2, 0.25) is 0 Å². The van der Waals surface area contributed by atoms with Crippen molar-refractivity contribution >= 4 is 21.7 Å². The maximum atomic E-state index is 13.1. The van der Waals surface area contributed by atoms with Crippen LogP contribution < -0.4 is 4.74 Å². The van der Waals surface area contributed by atoms with Crippen molar-refractivity contribution in [2.45, 2.75) is 13.3 Å². The SMILES string of the molecule is COc1cc(F)c(Br)cc1CC(C)=O. The summed E-state index contributed by atoms with van der Waals surface area (Å²) < 4.78 is 18.4. The zero-order valence-corrected chi connectivity index (χ0v) is 9.52. The Morgan fingerprint density at radius 3 is 2.71 bits per heavy atom. The Bertz CT molecular complexity index is 363. The Morgan fingerprint density at radius 2 is 2.21 bits per heavy atom. The van der Waals surface area contributed by atoms with Gasteiger partial charge in [0.15, 0.2) is 0 Å². The highest BCUT2D eigenvalue weighted by Gasteiger charge is 2.10. The number of carbonyl (C=O) groups excluding carboxylic acids is 1. The number of hydrogen-bond acceptors (Lipinski definition) is 2.